The molecule has 1 aliphatic rings. The van der Waals surface area contributed by atoms with Crippen LogP contribution < -0.4 is 25.4 Å². The van der Waals surface area contributed by atoms with Crippen LogP contribution in [0.4, 0.5) is 18.9 Å². The molecule has 0 bridgehead atoms. The van der Waals surface area contributed by atoms with Gasteiger partial charge in [-0.3, -0.25) is 4.79 Å². The van der Waals surface area contributed by atoms with Crippen molar-refractivity contribution in [2.75, 3.05) is 37.6 Å². The van der Waals surface area contributed by atoms with Crippen LogP contribution in [-0.2, 0) is 12.8 Å². The summed E-state index contributed by atoms with van der Waals surface area (Å²) in [4.78, 5) is 13.4. The Morgan fingerprint density at radius 1 is 1.28 bits per heavy atom. The Labute approximate surface area is 224 Å². The Balaban J connectivity index is 1.85. The van der Waals surface area contributed by atoms with E-state index >= 15 is 0 Å². The van der Waals surface area contributed by atoms with Gasteiger partial charge in [0.25, 0.3) is 5.91 Å². The summed E-state index contributed by atoms with van der Waals surface area (Å²) in [6, 6.07) is 6.19. The van der Waals surface area contributed by atoms with E-state index < -0.39 is 68.2 Å². The lowest BCUT2D eigenvalue weighted by atomic mass is 9.98. The van der Waals surface area contributed by atoms with Crippen LogP contribution in [0.1, 0.15) is 56.8 Å². The molecule has 198 valence electrons. The first-order valence-electron chi connectivity index (χ1n) is 16.3. The number of amides is 1. The number of halogens is 3. The molecule has 1 unspecified atom stereocenters. The summed E-state index contributed by atoms with van der Waals surface area (Å²) in [6.07, 6.45) is -11.4. The van der Waals surface area contributed by atoms with Crippen molar-refractivity contribution in [1.29, 1.82) is 0 Å². The van der Waals surface area contributed by atoms with Gasteiger partial charge in [0.05, 0.1) is 24.2 Å². The summed E-state index contributed by atoms with van der Waals surface area (Å²) in [6.45, 7) is -11.3. The lowest BCUT2D eigenvalue weighted by Crippen LogP contribution is -2.32. The zero-order valence-corrected chi connectivity index (χ0v) is 19.5. The lowest BCUT2D eigenvalue weighted by Gasteiger charge is -2.23. The van der Waals surface area contributed by atoms with E-state index in [9.17, 15) is 23.1 Å². The molecule has 0 radical (unpaired) electrons. The standard InChI is InChI=1S/C26H34F3N3O4/c1-17(31-9-12-35-22-5-3-4-6-23(22)36-16-26(27,28)29)13-19-14-20-8-11-32(10-7-18(2)33)24(20)21(15-19)25(30)34/h3-6,14-15,17-18,31,33H,7-13,16H2,1-2H3,(H2,30,34)/t17-,18?/m1/s1/i7D2,9D2,10D2,12D2,16D2,18D. The van der Waals surface area contributed by atoms with Crippen molar-refractivity contribution in [1.82, 2.24) is 5.32 Å². The number of nitrogens with one attached hydrogen (secondary N) is 1. The summed E-state index contributed by atoms with van der Waals surface area (Å²) in [7, 11) is 0. The maximum Gasteiger partial charge on any atom is 0.422 e. The highest BCUT2D eigenvalue weighted by Crippen LogP contribution is 2.34. The predicted molar refractivity (Wildman–Crippen MR) is 132 cm³/mol. The number of carbonyl (C=O) groups excluding carboxylic acids is 1. The first kappa shape index (κ1) is 16.0. The summed E-state index contributed by atoms with van der Waals surface area (Å²) >= 11 is 0. The number of alkyl halides is 3. The Morgan fingerprint density at radius 3 is 2.61 bits per heavy atom. The fourth-order valence-corrected chi connectivity index (χ4v) is 3.55. The van der Waals surface area contributed by atoms with Crippen LogP contribution in [0.5, 0.6) is 11.5 Å². The average Bonchev–Trinajstić information content (AvgIpc) is 3.31. The van der Waals surface area contributed by atoms with Gasteiger partial charge in [-0.05, 0) is 62.4 Å². The molecule has 2 atom stereocenters. The second kappa shape index (κ2) is 12.3. The largest absolute Gasteiger partial charge is 0.488 e. The number of nitrogens with zero attached hydrogens (tertiary/aromatic N) is 1. The minimum Gasteiger partial charge on any atom is -0.488 e. The van der Waals surface area contributed by atoms with Gasteiger partial charge in [0, 0.05) is 33.8 Å². The SMILES string of the molecule is [2H]C(C)(O)C([2H])([2H])C([2H])([2H])N1CCc2cc(C[C@@H](C)NC([2H])([2H])C([2H])([2H])Oc3ccccc3OC([2H])([2H])C(F)(F)F)cc(C(N)=O)c21. The van der Waals surface area contributed by atoms with Crippen molar-refractivity contribution in [3.63, 3.8) is 0 Å². The predicted octanol–water partition coefficient (Wildman–Crippen LogP) is 3.46. The third-order valence-electron chi connectivity index (χ3n) is 4.96. The molecule has 7 nitrogen and oxygen atoms in total. The fraction of sp³-hybridized carbons (Fsp3) is 0.500. The summed E-state index contributed by atoms with van der Waals surface area (Å²) in [5, 5.41) is 12.4. The van der Waals surface area contributed by atoms with Gasteiger partial charge in [-0.25, -0.2) is 0 Å². The molecule has 2 aromatic carbocycles. The summed E-state index contributed by atoms with van der Waals surface area (Å²) in [5.41, 5.74) is 6.11. The summed E-state index contributed by atoms with van der Waals surface area (Å²) in [5.74, 6) is -2.55. The van der Waals surface area contributed by atoms with Crippen LogP contribution in [0.2, 0.25) is 0 Å². The van der Waals surface area contributed by atoms with Gasteiger partial charge in [-0.2, -0.15) is 13.2 Å². The first-order valence-corrected chi connectivity index (χ1v) is 10.8. The van der Waals surface area contributed by atoms with Crippen LogP contribution in [0, 0.1) is 0 Å². The van der Waals surface area contributed by atoms with Crippen LogP contribution >= 0.6 is 0 Å². The van der Waals surface area contributed by atoms with Crippen molar-refractivity contribution in [3.05, 3.63) is 53.1 Å². The number of primary amides is 1. The van der Waals surface area contributed by atoms with E-state index in [1.807, 2.05) is 0 Å². The number of nitrogens with two attached hydrogens (primary N) is 1. The normalized spacial score (nSPS) is 22.3. The van der Waals surface area contributed by atoms with E-state index in [1.165, 1.54) is 25.1 Å². The first-order chi connectivity index (χ1) is 21.1. The van der Waals surface area contributed by atoms with E-state index in [1.54, 1.807) is 6.07 Å². The minimum atomic E-state index is -5.45. The number of aliphatic hydroxyl groups is 1. The number of benzene rings is 2. The minimum absolute atomic E-state index is 0.0316. The van der Waals surface area contributed by atoms with Gasteiger partial charge in [0.15, 0.2) is 18.1 Å². The number of fused-ring (bicyclic) bond motifs is 1. The van der Waals surface area contributed by atoms with Gasteiger partial charge in [-0.1, -0.05) is 18.2 Å². The second-order valence-corrected chi connectivity index (χ2v) is 7.97. The van der Waals surface area contributed by atoms with Gasteiger partial charge >= 0.3 is 6.18 Å². The molecule has 10 heteroatoms. The highest BCUT2D eigenvalue weighted by atomic mass is 19.4. The van der Waals surface area contributed by atoms with Crippen LogP contribution in [0.3, 0.4) is 0 Å². The van der Waals surface area contributed by atoms with Crippen molar-refractivity contribution < 1.29 is 47.6 Å². The fourth-order valence-electron chi connectivity index (χ4n) is 3.55. The van der Waals surface area contributed by atoms with E-state index in [0.717, 1.165) is 24.0 Å². The molecule has 0 fully saturated rings. The Bertz CT molecular complexity index is 1490. The lowest BCUT2D eigenvalue weighted by molar-refractivity contribution is -0.153. The van der Waals surface area contributed by atoms with Gasteiger partial charge in [-0.15, -0.1) is 0 Å². The van der Waals surface area contributed by atoms with Crippen molar-refractivity contribution >= 4 is 11.6 Å². The third kappa shape index (κ3) is 8.03. The van der Waals surface area contributed by atoms with Crippen molar-refractivity contribution in [3.8, 4) is 11.5 Å². The zero-order chi connectivity index (χ0) is 36.2. The molecular weight excluding hydrogens is 475 g/mol. The molecule has 0 saturated carbocycles. The Kier molecular flexibility index (Phi) is 5.47. The van der Waals surface area contributed by atoms with Gasteiger partial charge in [0.2, 0.25) is 0 Å². The molecular formula is C26H34F3N3O4. The van der Waals surface area contributed by atoms with E-state index in [-0.39, 0.29) is 30.6 Å². The van der Waals surface area contributed by atoms with Gasteiger partial charge < -0.3 is 30.5 Å². The molecule has 0 aliphatic carbocycles. The number of ether oxygens (including phenoxy) is 2. The maximum absolute atomic E-state index is 13.0. The van der Waals surface area contributed by atoms with Crippen molar-refractivity contribution in [2.24, 2.45) is 5.73 Å². The number of hydrogen-bond donors (Lipinski definition) is 3. The molecule has 1 amide bonds. The Morgan fingerprint density at radius 2 is 1.97 bits per heavy atom. The monoisotopic (exact) mass is 520 g/mol. The molecule has 36 heavy (non-hydrogen) atoms. The number of anilines is 1. The highest BCUT2D eigenvalue weighted by Gasteiger charge is 2.29. The van der Waals surface area contributed by atoms with E-state index in [2.05, 4.69) is 10.1 Å². The molecule has 1 aliphatic heterocycles. The molecule has 1 heterocycles. The maximum atomic E-state index is 13.0. The number of rotatable bonds is 13. The van der Waals surface area contributed by atoms with Crippen molar-refractivity contribution in [2.45, 2.75) is 51.4 Å². The number of carbonyl (C=O) groups is 1. The van der Waals surface area contributed by atoms with E-state index in [4.69, 9.17) is 25.5 Å². The quantitative estimate of drug-likeness (QED) is 0.374. The molecule has 0 saturated heterocycles. The van der Waals surface area contributed by atoms with Crippen LogP contribution in [-0.4, -0.2) is 62.0 Å². The smallest absolute Gasteiger partial charge is 0.422 e. The highest BCUT2D eigenvalue weighted by molar-refractivity contribution is 6.00. The molecule has 0 aromatic heterocycles. The zero-order valence-electron chi connectivity index (χ0n) is 30.5. The average molecular weight is 521 g/mol. The number of hydrogen-bond acceptors (Lipinski definition) is 6. The van der Waals surface area contributed by atoms with Crippen LogP contribution in [0.15, 0.2) is 36.4 Å². The van der Waals surface area contributed by atoms with Crippen LogP contribution in [0.25, 0.3) is 0 Å². The second-order valence-electron chi connectivity index (χ2n) is 7.97. The van der Waals surface area contributed by atoms with E-state index in [0.29, 0.717) is 11.1 Å². The summed E-state index contributed by atoms with van der Waals surface area (Å²) < 4.78 is 137. The third-order valence-corrected chi connectivity index (χ3v) is 4.96. The molecule has 0 spiro atoms. The van der Waals surface area contributed by atoms with Gasteiger partial charge in [0.1, 0.15) is 6.56 Å². The molecule has 2 aromatic rings. The topological polar surface area (TPSA) is 97.1 Å². The molecule has 3 rings (SSSR count). The number of para-hydroxylation sites is 2. The molecule has 4 N–H and O–H groups in total. The Hall–Kier alpha value is -2.98.